The lowest BCUT2D eigenvalue weighted by atomic mass is 10.1. The maximum Gasteiger partial charge on any atom is 0.237 e. The van der Waals surface area contributed by atoms with E-state index >= 15 is 0 Å². The third-order valence-electron chi connectivity index (χ3n) is 3.14. The van der Waals surface area contributed by atoms with E-state index in [0.717, 1.165) is 17.6 Å². The number of benzene rings is 1. The molecule has 7 heteroatoms. The molecule has 0 saturated heterocycles. The van der Waals surface area contributed by atoms with E-state index < -0.39 is 15.9 Å². The Bertz CT molecular complexity index is 570. The van der Waals surface area contributed by atoms with E-state index in [0.29, 0.717) is 6.42 Å². The van der Waals surface area contributed by atoms with Gasteiger partial charge in [-0.2, -0.15) is 11.8 Å². The number of rotatable bonds is 7. The molecule has 0 bridgehead atoms. The number of hydrogen-bond acceptors (Lipinski definition) is 5. The van der Waals surface area contributed by atoms with Crippen LogP contribution in [0.2, 0.25) is 0 Å². The molecule has 0 heterocycles. The molecule has 0 fully saturated rings. The summed E-state index contributed by atoms with van der Waals surface area (Å²) < 4.78 is 22.8. The Labute approximate surface area is 130 Å². The minimum Gasteiger partial charge on any atom is -0.348 e. The predicted octanol–water partition coefficient (Wildman–Crippen LogP) is 1.35. The van der Waals surface area contributed by atoms with Gasteiger partial charge in [-0.1, -0.05) is 12.1 Å². The highest BCUT2D eigenvalue weighted by atomic mass is 32.2. The minimum absolute atomic E-state index is 0.191. The number of carbonyl (C=O) groups is 1. The number of sulfone groups is 1. The van der Waals surface area contributed by atoms with Crippen LogP contribution < -0.4 is 11.1 Å². The van der Waals surface area contributed by atoms with E-state index in [1.54, 1.807) is 36.0 Å². The Morgan fingerprint density at radius 1 is 1.33 bits per heavy atom. The van der Waals surface area contributed by atoms with Crippen LogP contribution in [0.15, 0.2) is 29.2 Å². The van der Waals surface area contributed by atoms with Crippen molar-refractivity contribution in [2.24, 2.45) is 5.73 Å². The summed E-state index contributed by atoms with van der Waals surface area (Å²) in [7, 11) is -3.20. The van der Waals surface area contributed by atoms with Gasteiger partial charge in [-0.3, -0.25) is 4.79 Å². The van der Waals surface area contributed by atoms with E-state index in [1.807, 2.05) is 13.2 Å². The summed E-state index contributed by atoms with van der Waals surface area (Å²) in [5, 5.41) is 2.84. The van der Waals surface area contributed by atoms with Gasteiger partial charge in [0, 0.05) is 6.26 Å². The highest BCUT2D eigenvalue weighted by molar-refractivity contribution is 7.98. The quantitative estimate of drug-likeness (QED) is 0.788. The molecule has 118 valence electrons. The summed E-state index contributed by atoms with van der Waals surface area (Å²) in [6.45, 7) is 1.84. The van der Waals surface area contributed by atoms with Crippen molar-refractivity contribution in [1.82, 2.24) is 5.32 Å². The second kappa shape index (κ2) is 7.82. The van der Waals surface area contributed by atoms with Crippen LogP contribution in [0, 0.1) is 0 Å². The number of thioether (sulfide) groups is 1. The summed E-state index contributed by atoms with van der Waals surface area (Å²) in [5.41, 5.74) is 6.65. The first-order chi connectivity index (χ1) is 9.75. The van der Waals surface area contributed by atoms with Gasteiger partial charge in [0.15, 0.2) is 9.84 Å². The summed E-state index contributed by atoms with van der Waals surface area (Å²) in [5.74, 6) is 0.648. The fraction of sp³-hybridized carbons (Fsp3) is 0.500. The van der Waals surface area contributed by atoms with Crippen LogP contribution >= 0.6 is 11.8 Å². The van der Waals surface area contributed by atoms with E-state index in [-0.39, 0.29) is 16.8 Å². The third kappa shape index (κ3) is 5.68. The Morgan fingerprint density at radius 3 is 2.38 bits per heavy atom. The first-order valence-corrected chi connectivity index (χ1v) is 9.89. The number of nitrogens with one attached hydrogen (secondary N) is 1. The van der Waals surface area contributed by atoms with Crippen molar-refractivity contribution in [1.29, 1.82) is 0 Å². The number of amides is 1. The Balaban J connectivity index is 2.67. The summed E-state index contributed by atoms with van der Waals surface area (Å²) in [4.78, 5) is 12.2. The van der Waals surface area contributed by atoms with Crippen LogP contribution in [0.25, 0.3) is 0 Å². The van der Waals surface area contributed by atoms with Gasteiger partial charge in [0.25, 0.3) is 0 Å². The molecular formula is C14H22N2O3S2. The normalized spacial score (nSPS) is 14.5. The smallest absolute Gasteiger partial charge is 0.237 e. The van der Waals surface area contributed by atoms with Crippen LogP contribution in [0.1, 0.15) is 24.9 Å². The molecule has 0 spiro atoms. The van der Waals surface area contributed by atoms with Gasteiger partial charge in [-0.15, -0.1) is 0 Å². The molecule has 21 heavy (non-hydrogen) atoms. The average molecular weight is 330 g/mol. The predicted molar refractivity (Wildman–Crippen MR) is 87.1 cm³/mol. The SMILES string of the molecule is CSCC[C@@H](N)C(=O)NC(C)c1ccc(S(C)(=O)=O)cc1. The van der Waals surface area contributed by atoms with Crippen molar-refractivity contribution in [3.63, 3.8) is 0 Å². The standard InChI is InChI=1S/C14H22N2O3S2/c1-10(16-14(17)13(15)8-9-20-2)11-4-6-12(7-5-11)21(3,18)19/h4-7,10,13H,8-9,15H2,1-3H3,(H,16,17)/t10?,13-/m1/s1. The molecule has 5 nitrogen and oxygen atoms in total. The lowest BCUT2D eigenvalue weighted by molar-refractivity contribution is -0.123. The molecule has 1 aromatic carbocycles. The Morgan fingerprint density at radius 2 is 1.90 bits per heavy atom. The minimum atomic E-state index is -3.20. The van der Waals surface area contributed by atoms with Gasteiger partial charge in [-0.05, 0) is 43.0 Å². The molecule has 2 atom stereocenters. The highest BCUT2D eigenvalue weighted by Gasteiger charge is 2.16. The summed E-state index contributed by atoms with van der Waals surface area (Å²) in [6.07, 6.45) is 3.77. The van der Waals surface area contributed by atoms with Crippen molar-refractivity contribution in [2.45, 2.75) is 30.3 Å². The van der Waals surface area contributed by atoms with Crippen molar-refractivity contribution in [3.8, 4) is 0 Å². The molecule has 1 amide bonds. The van der Waals surface area contributed by atoms with E-state index in [1.165, 1.54) is 0 Å². The van der Waals surface area contributed by atoms with E-state index in [4.69, 9.17) is 5.73 Å². The molecule has 1 rings (SSSR count). The molecule has 0 saturated carbocycles. The molecule has 0 aliphatic carbocycles. The fourth-order valence-corrected chi connectivity index (χ4v) is 2.90. The van der Waals surface area contributed by atoms with Gasteiger partial charge in [0.1, 0.15) is 0 Å². The first-order valence-electron chi connectivity index (χ1n) is 6.60. The van der Waals surface area contributed by atoms with Crippen LogP contribution in [0.5, 0.6) is 0 Å². The third-order valence-corrected chi connectivity index (χ3v) is 4.91. The van der Waals surface area contributed by atoms with Crippen LogP contribution in [0.4, 0.5) is 0 Å². The number of nitrogens with two attached hydrogens (primary N) is 1. The molecule has 0 radical (unpaired) electrons. The zero-order valence-corrected chi connectivity index (χ0v) is 14.1. The largest absolute Gasteiger partial charge is 0.348 e. The van der Waals surface area contributed by atoms with E-state index in [2.05, 4.69) is 5.32 Å². The van der Waals surface area contributed by atoms with Gasteiger partial charge >= 0.3 is 0 Å². The van der Waals surface area contributed by atoms with Crippen molar-refractivity contribution < 1.29 is 13.2 Å². The van der Waals surface area contributed by atoms with Crippen molar-refractivity contribution in [2.75, 3.05) is 18.3 Å². The zero-order chi connectivity index (χ0) is 16.0. The average Bonchev–Trinajstić information content (AvgIpc) is 2.43. The molecular weight excluding hydrogens is 308 g/mol. The van der Waals surface area contributed by atoms with Gasteiger partial charge < -0.3 is 11.1 Å². The topological polar surface area (TPSA) is 89.3 Å². The van der Waals surface area contributed by atoms with E-state index in [9.17, 15) is 13.2 Å². The monoisotopic (exact) mass is 330 g/mol. The maximum atomic E-state index is 11.9. The molecule has 1 aromatic rings. The molecule has 0 aliphatic heterocycles. The van der Waals surface area contributed by atoms with Crippen LogP contribution in [-0.2, 0) is 14.6 Å². The highest BCUT2D eigenvalue weighted by Crippen LogP contribution is 2.16. The van der Waals surface area contributed by atoms with Crippen molar-refractivity contribution >= 4 is 27.5 Å². The molecule has 3 N–H and O–H groups in total. The fourth-order valence-electron chi connectivity index (χ4n) is 1.78. The number of carbonyl (C=O) groups excluding carboxylic acids is 1. The molecule has 0 aromatic heterocycles. The van der Waals surface area contributed by atoms with Crippen molar-refractivity contribution in [3.05, 3.63) is 29.8 Å². The zero-order valence-electron chi connectivity index (χ0n) is 12.5. The lowest BCUT2D eigenvalue weighted by Crippen LogP contribution is -2.41. The molecule has 1 unspecified atom stereocenters. The molecule has 0 aliphatic rings. The Hall–Kier alpha value is -1.05. The summed E-state index contributed by atoms with van der Waals surface area (Å²) in [6, 6.07) is 5.76. The van der Waals surface area contributed by atoms with Gasteiger partial charge in [0.05, 0.1) is 17.0 Å². The second-order valence-corrected chi connectivity index (χ2v) is 7.96. The van der Waals surface area contributed by atoms with Gasteiger partial charge in [-0.25, -0.2) is 8.42 Å². The van der Waals surface area contributed by atoms with Crippen LogP contribution in [0.3, 0.4) is 0 Å². The van der Waals surface area contributed by atoms with Crippen LogP contribution in [-0.4, -0.2) is 38.6 Å². The first kappa shape index (κ1) is 18.0. The Kier molecular flexibility index (Phi) is 6.70. The second-order valence-electron chi connectivity index (χ2n) is 4.96. The van der Waals surface area contributed by atoms with Gasteiger partial charge in [0.2, 0.25) is 5.91 Å². The number of hydrogen-bond donors (Lipinski definition) is 2. The lowest BCUT2D eigenvalue weighted by Gasteiger charge is -2.18. The summed E-state index contributed by atoms with van der Waals surface area (Å²) >= 11 is 1.65. The maximum absolute atomic E-state index is 11.9.